The zero-order valence-electron chi connectivity index (χ0n) is 13.1. The van der Waals surface area contributed by atoms with Gasteiger partial charge in [0.2, 0.25) is 11.9 Å². The summed E-state index contributed by atoms with van der Waals surface area (Å²) in [5.41, 5.74) is 0. The number of aromatic nitrogens is 3. The van der Waals surface area contributed by atoms with Crippen molar-refractivity contribution in [2.75, 3.05) is 43.1 Å². The molecule has 1 N–H and O–H groups in total. The number of rotatable bonds is 7. The molecule has 0 bridgehead atoms. The molecule has 0 amide bonds. The highest BCUT2D eigenvalue weighted by Crippen LogP contribution is 2.18. The molecule has 1 unspecified atom stereocenters. The van der Waals surface area contributed by atoms with Crippen molar-refractivity contribution in [3.05, 3.63) is 0 Å². The Labute approximate surface area is 126 Å². The summed E-state index contributed by atoms with van der Waals surface area (Å²) in [6, 6.07) is 0.376. The molecule has 1 atom stereocenters. The van der Waals surface area contributed by atoms with Gasteiger partial charge in [-0.15, -0.1) is 0 Å². The van der Waals surface area contributed by atoms with Gasteiger partial charge in [-0.2, -0.15) is 15.0 Å². The molecule has 0 aliphatic carbocycles. The van der Waals surface area contributed by atoms with E-state index >= 15 is 0 Å². The Hall–Kier alpha value is -1.63. The van der Waals surface area contributed by atoms with E-state index in [2.05, 4.69) is 39.0 Å². The monoisotopic (exact) mass is 295 g/mol. The van der Waals surface area contributed by atoms with Gasteiger partial charge in [-0.05, 0) is 19.8 Å². The third-order valence-electron chi connectivity index (χ3n) is 3.29. The van der Waals surface area contributed by atoms with E-state index in [0.29, 0.717) is 31.1 Å². The molecule has 7 heteroatoms. The van der Waals surface area contributed by atoms with Gasteiger partial charge in [-0.25, -0.2) is 0 Å². The Balaban J connectivity index is 2.17. The number of hydrogen-bond acceptors (Lipinski definition) is 7. The van der Waals surface area contributed by atoms with Crippen LogP contribution < -0.4 is 15.0 Å². The number of anilines is 2. The lowest BCUT2D eigenvalue weighted by atomic mass is 10.2. The van der Waals surface area contributed by atoms with Gasteiger partial charge in [0.05, 0.1) is 19.3 Å². The van der Waals surface area contributed by atoms with Crippen molar-refractivity contribution >= 4 is 11.9 Å². The minimum absolute atomic E-state index is 0.234. The van der Waals surface area contributed by atoms with Crippen molar-refractivity contribution < 1.29 is 9.47 Å². The maximum atomic E-state index is 5.69. The van der Waals surface area contributed by atoms with Crippen LogP contribution in [0, 0.1) is 0 Å². The van der Waals surface area contributed by atoms with E-state index in [1.54, 1.807) is 0 Å². The van der Waals surface area contributed by atoms with Crippen molar-refractivity contribution in [3.8, 4) is 6.01 Å². The van der Waals surface area contributed by atoms with Gasteiger partial charge >= 0.3 is 6.01 Å². The molecule has 0 spiro atoms. The number of morpholine rings is 1. The smallest absolute Gasteiger partial charge is 0.323 e. The third kappa shape index (κ3) is 4.42. The van der Waals surface area contributed by atoms with Crippen LogP contribution in [0.25, 0.3) is 0 Å². The van der Waals surface area contributed by atoms with Crippen LogP contribution in [0.3, 0.4) is 0 Å². The average Bonchev–Trinajstić information content (AvgIpc) is 2.53. The van der Waals surface area contributed by atoms with Crippen LogP contribution in [0.4, 0.5) is 11.9 Å². The van der Waals surface area contributed by atoms with Crippen LogP contribution in [-0.4, -0.2) is 53.9 Å². The van der Waals surface area contributed by atoms with E-state index in [-0.39, 0.29) is 6.10 Å². The third-order valence-corrected chi connectivity index (χ3v) is 3.29. The number of hydrogen-bond donors (Lipinski definition) is 1. The summed E-state index contributed by atoms with van der Waals surface area (Å²) in [5, 5.41) is 3.20. The molecular weight excluding hydrogens is 270 g/mol. The second-order valence-electron chi connectivity index (χ2n) is 4.95. The molecule has 1 fully saturated rings. The van der Waals surface area contributed by atoms with E-state index in [1.807, 2.05) is 6.92 Å². The molecule has 1 aromatic heterocycles. The molecule has 21 heavy (non-hydrogen) atoms. The van der Waals surface area contributed by atoms with Gasteiger partial charge in [0.15, 0.2) is 0 Å². The molecule has 0 aromatic carbocycles. The van der Waals surface area contributed by atoms with Crippen LogP contribution in [-0.2, 0) is 4.74 Å². The Kier molecular flexibility index (Phi) is 5.98. The summed E-state index contributed by atoms with van der Waals surface area (Å²) in [7, 11) is 0. The molecule has 0 radical (unpaired) electrons. The topological polar surface area (TPSA) is 72.4 Å². The zero-order chi connectivity index (χ0) is 15.1. The lowest BCUT2D eigenvalue weighted by Gasteiger charge is -2.32. The number of nitrogens with one attached hydrogen (secondary N) is 1. The van der Waals surface area contributed by atoms with Crippen molar-refractivity contribution in [2.24, 2.45) is 0 Å². The maximum Gasteiger partial charge on any atom is 0.323 e. The SMILES string of the molecule is CCCNc1nc(OCC)nc(N2CCOC(CC)C2)n1. The van der Waals surface area contributed by atoms with Crippen LogP contribution in [0.2, 0.25) is 0 Å². The maximum absolute atomic E-state index is 5.69. The number of nitrogens with zero attached hydrogens (tertiary/aromatic N) is 4. The molecule has 1 aliphatic heterocycles. The lowest BCUT2D eigenvalue weighted by molar-refractivity contribution is 0.0378. The summed E-state index contributed by atoms with van der Waals surface area (Å²) in [4.78, 5) is 15.3. The van der Waals surface area contributed by atoms with Gasteiger partial charge in [0, 0.05) is 19.6 Å². The first-order valence-corrected chi connectivity index (χ1v) is 7.76. The van der Waals surface area contributed by atoms with E-state index in [4.69, 9.17) is 9.47 Å². The van der Waals surface area contributed by atoms with E-state index in [1.165, 1.54) is 0 Å². The van der Waals surface area contributed by atoms with Gasteiger partial charge in [-0.1, -0.05) is 13.8 Å². The first-order valence-electron chi connectivity index (χ1n) is 7.76. The van der Waals surface area contributed by atoms with Gasteiger partial charge in [0.25, 0.3) is 0 Å². The molecule has 1 saturated heterocycles. The van der Waals surface area contributed by atoms with Gasteiger partial charge in [-0.3, -0.25) is 0 Å². The van der Waals surface area contributed by atoms with Crippen molar-refractivity contribution in [1.82, 2.24) is 15.0 Å². The molecular formula is C14H25N5O2. The van der Waals surface area contributed by atoms with Crippen LogP contribution >= 0.6 is 0 Å². The highest BCUT2D eigenvalue weighted by atomic mass is 16.5. The second-order valence-corrected chi connectivity index (χ2v) is 4.95. The van der Waals surface area contributed by atoms with Crippen LogP contribution in [0.5, 0.6) is 6.01 Å². The lowest BCUT2D eigenvalue weighted by Crippen LogP contribution is -2.43. The average molecular weight is 295 g/mol. The van der Waals surface area contributed by atoms with Gasteiger partial charge < -0.3 is 19.7 Å². The predicted molar refractivity (Wildman–Crippen MR) is 82.0 cm³/mol. The van der Waals surface area contributed by atoms with E-state index in [9.17, 15) is 0 Å². The standard InChI is InChI=1S/C14H25N5O2/c1-4-7-15-12-16-13(18-14(17-12)20-6-3)19-8-9-21-11(5-2)10-19/h11H,4-10H2,1-3H3,(H,15,16,17,18). The van der Waals surface area contributed by atoms with Crippen LogP contribution in [0.1, 0.15) is 33.6 Å². The fraction of sp³-hybridized carbons (Fsp3) is 0.786. The Morgan fingerprint density at radius 3 is 2.86 bits per heavy atom. The molecule has 2 heterocycles. The summed E-state index contributed by atoms with van der Waals surface area (Å²) in [5.74, 6) is 1.23. The molecule has 7 nitrogen and oxygen atoms in total. The Morgan fingerprint density at radius 1 is 1.29 bits per heavy atom. The first-order chi connectivity index (χ1) is 10.3. The Bertz CT molecular complexity index is 443. The normalized spacial score (nSPS) is 18.6. The fourth-order valence-electron chi connectivity index (χ4n) is 2.14. The van der Waals surface area contributed by atoms with Gasteiger partial charge in [0.1, 0.15) is 0 Å². The first kappa shape index (κ1) is 15.8. The minimum Gasteiger partial charge on any atom is -0.464 e. The molecule has 2 rings (SSSR count). The summed E-state index contributed by atoms with van der Waals surface area (Å²) >= 11 is 0. The predicted octanol–water partition coefficient (Wildman–Crippen LogP) is 1.71. The molecule has 1 aromatic rings. The summed E-state index contributed by atoms with van der Waals surface area (Å²) in [6.07, 6.45) is 2.24. The largest absolute Gasteiger partial charge is 0.464 e. The van der Waals surface area contributed by atoms with Crippen molar-refractivity contribution in [3.63, 3.8) is 0 Å². The van der Waals surface area contributed by atoms with E-state index < -0.39 is 0 Å². The van der Waals surface area contributed by atoms with Crippen molar-refractivity contribution in [2.45, 2.75) is 39.7 Å². The highest BCUT2D eigenvalue weighted by Gasteiger charge is 2.22. The summed E-state index contributed by atoms with van der Waals surface area (Å²) < 4.78 is 11.1. The molecule has 1 aliphatic rings. The molecule has 118 valence electrons. The quantitative estimate of drug-likeness (QED) is 0.821. The van der Waals surface area contributed by atoms with E-state index in [0.717, 1.165) is 32.5 Å². The second kappa shape index (κ2) is 7.97. The molecule has 0 saturated carbocycles. The number of ether oxygens (including phenoxy) is 2. The summed E-state index contributed by atoms with van der Waals surface area (Å²) in [6.45, 7) is 9.82. The zero-order valence-corrected chi connectivity index (χ0v) is 13.1. The highest BCUT2D eigenvalue weighted by molar-refractivity contribution is 5.39. The Morgan fingerprint density at radius 2 is 2.14 bits per heavy atom. The fourth-order valence-corrected chi connectivity index (χ4v) is 2.14. The van der Waals surface area contributed by atoms with Crippen LogP contribution in [0.15, 0.2) is 0 Å². The minimum atomic E-state index is 0.234. The van der Waals surface area contributed by atoms with Crippen molar-refractivity contribution in [1.29, 1.82) is 0 Å².